The molecule has 288 valence electrons. The molecule has 11 rings (SSSR count). The van der Waals surface area contributed by atoms with Gasteiger partial charge in [-0.25, -0.2) is 0 Å². The van der Waals surface area contributed by atoms with Crippen molar-refractivity contribution in [3.05, 3.63) is 226 Å². The molecule has 0 amide bonds. The van der Waals surface area contributed by atoms with Gasteiger partial charge in [-0.05, 0) is 153 Å². The Labute approximate surface area is 353 Å². The van der Waals surface area contributed by atoms with Crippen molar-refractivity contribution in [3.63, 3.8) is 0 Å². The zero-order valence-corrected chi connectivity index (χ0v) is 35.1. The van der Waals surface area contributed by atoms with E-state index in [1.165, 1.54) is 99.7 Å². The molecule has 0 aromatic heterocycles. The summed E-state index contributed by atoms with van der Waals surface area (Å²) in [4.78, 5) is 5.41. The first-order valence-electron chi connectivity index (χ1n) is 21.5. The van der Waals surface area contributed by atoms with E-state index < -0.39 is 5.41 Å². The summed E-state index contributed by atoms with van der Waals surface area (Å²) in [5, 5.41) is 2.59. The van der Waals surface area contributed by atoms with Gasteiger partial charge >= 0.3 is 0 Å². The average molecular weight is 780 g/mol. The van der Waals surface area contributed by atoms with Crippen LogP contribution in [0.4, 0.5) is 11.4 Å². The molecule has 4 aliphatic carbocycles. The fourth-order valence-electron chi connectivity index (χ4n) is 11.4. The summed E-state index contributed by atoms with van der Waals surface area (Å²) >= 11 is 1.96. The number of rotatable bonds is 5. The maximum absolute atomic E-state index is 4.11. The van der Waals surface area contributed by atoms with Gasteiger partial charge in [0.05, 0.1) is 5.41 Å². The Morgan fingerprint density at radius 1 is 0.712 bits per heavy atom. The summed E-state index contributed by atoms with van der Waals surface area (Å²) in [6, 6.07) is 49.2. The number of benzene rings is 6. The van der Waals surface area contributed by atoms with Gasteiger partial charge in [-0.1, -0.05) is 154 Å². The van der Waals surface area contributed by atoms with Crippen LogP contribution >= 0.6 is 11.8 Å². The summed E-state index contributed by atoms with van der Waals surface area (Å²) in [6.07, 6.45) is 19.3. The molecule has 0 saturated heterocycles. The largest absolute Gasteiger partial charge is 0.314 e. The van der Waals surface area contributed by atoms with Crippen LogP contribution in [0.3, 0.4) is 0 Å². The van der Waals surface area contributed by atoms with Gasteiger partial charge in [0.15, 0.2) is 0 Å². The SMILES string of the molecule is C=CC=C1/C(=C\C)c2ccc(N(C3=CCCCC3c3ccccc3)c3ccc4c(c3)C3(C5=C(C=CCC5)Sc5ccccc53)c3cc5ccccc5cc3-4)cc2C1(C)C. The minimum atomic E-state index is -0.400. The second-order valence-electron chi connectivity index (χ2n) is 17.3. The smallest absolute Gasteiger partial charge is 0.0699 e. The Kier molecular flexibility index (Phi) is 8.54. The zero-order valence-electron chi connectivity index (χ0n) is 34.3. The summed E-state index contributed by atoms with van der Waals surface area (Å²) in [6.45, 7) is 11.0. The molecule has 0 bridgehead atoms. The molecule has 1 aliphatic heterocycles. The molecule has 5 aliphatic rings. The summed E-state index contributed by atoms with van der Waals surface area (Å²) < 4.78 is 0. The van der Waals surface area contributed by atoms with E-state index in [0.717, 1.165) is 25.7 Å². The van der Waals surface area contributed by atoms with Crippen molar-refractivity contribution < 1.29 is 0 Å². The van der Waals surface area contributed by atoms with Gasteiger partial charge in [0.2, 0.25) is 0 Å². The molecule has 0 N–H and O–H groups in total. The van der Waals surface area contributed by atoms with Gasteiger partial charge in [0.1, 0.15) is 0 Å². The summed E-state index contributed by atoms with van der Waals surface area (Å²) in [5.74, 6) is 0.280. The number of hydrogen-bond acceptors (Lipinski definition) is 2. The first-order chi connectivity index (χ1) is 28.9. The lowest BCUT2D eigenvalue weighted by atomic mass is 9.65. The second-order valence-corrected chi connectivity index (χ2v) is 18.4. The Bertz CT molecular complexity index is 2900. The molecule has 0 fully saturated rings. The normalized spacial score (nSPS) is 22.2. The zero-order chi connectivity index (χ0) is 39.9. The highest BCUT2D eigenvalue weighted by Crippen LogP contribution is 2.64. The number of nitrogens with zero attached hydrogens (tertiary/aromatic N) is 1. The molecule has 1 spiro atoms. The van der Waals surface area contributed by atoms with Crippen molar-refractivity contribution in [2.45, 2.75) is 74.5 Å². The number of thioether (sulfide) groups is 1. The van der Waals surface area contributed by atoms with E-state index in [2.05, 4.69) is 190 Å². The van der Waals surface area contributed by atoms with Crippen molar-refractivity contribution in [2.75, 3.05) is 4.90 Å². The van der Waals surface area contributed by atoms with Crippen LogP contribution in [0, 0.1) is 0 Å². The van der Waals surface area contributed by atoms with Crippen molar-refractivity contribution >= 4 is 39.5 Å². The quantitative estimate of drug-likeness (QED) is 0.171. The topological polar surface area (TPSA) is 3.24 Å². The number of hydrogen-bond donors (Lipinski definition) is 0. The van der Waals surface area contributed by atoms with Crippen LogP contribution < -0.4 is 4.90 Å². The molecule has 6 aromatic rings. The molecule has 6 aromatic carbocycles. The van der Waals surface area contributed by atoms with E-state index in [1.807, 2.05) is 17.8 Å². The molecule has 2 heteroatoms. The van der Waals surface area contributed by atoms with E-state index in [9.17, 15) is 0 Å². The molecule has 1 heterocycles. The van der Waals surface area contributed by atoms with E-state index in [-0.39, 0.29) is 11.3 Å². The number of anilines is 2. The standard InChI is InChI=1S/C57H49NS/c1-5-18-47-42(6-2)44-31-29-40(35-50(44)56(47,3)4)58(53-26-15-12-23-43(53)37-19-8-7-9-20-37)41-30-32-45-46-33-38-21-10-11-22-39(38)34-51(46)57(52(45)36-41)48-24-13-16-27-54(48)59-55-28-17-14-25-49(55)57/h5-11,13,16-22,24,26-36,43H,1,12,14-15,23,25H2,2-4H3/b42-6-,47-18?. The van der Waals surface area contributed by atoms with E-state index >= 15 is 0 Å². The average Bonchev–Trinajstić information content (AvgIpc) is 3.67. The summed E-state index contributed by atoms with van der Waals surface area (Å²) in [5.41, 5.74) is 18.5. The molecule has 2 atom stereocenters. The van der Waals surface area contributed by atoms with Crippen molar-refractivity contribution in [1.29, 1.82) is 0 Å². The van der Waals surface area contributed by atoms with Crippen LogP contribution in [0.1, 0.15) is 92.2 Å². The van der Waals surface area contributed by atoms with Gasteiger partial charge in [0.25, 0.3) is 0 Å². The fourth-order valence-corrected chi connectivity index (χ4v) is 12.6. The highest BCUT2D eigenvalue weighted by atomic mass is 32.2. The number of fused-ring (bicyclic) bond motifs is 10. The van der Waals surface area contributed by atoms with Crippen LogP contribution in [-0.4, -0.2) is 0 Å². The third-order valence-corrected chi connectivity index (χ3v) is 15.1. The van der Waals surface area contributed by atoms with Crippen molar-refractivity contribution in [2.24, 2.45) is 0 Å². The third kappa shape index (κ3) is 5.32. The lowest BCUT2D eigenvalue weighted by Crippen LogP contribution is -2.34. The molecule has 0 saturated carbocycles. The molecular formula is C57H49NS. The minimum absolute atomic E-state index is 0.167. The van der Waals surface area contributed by atoms with Crippen LogP contribution in [0.2, 0.25) is 0 Å². The molecule has 0 radical (unpaired) electrons. The van der Waals surface area contributed by atoms with Crippen molar-refractivity contribution in [1.82, 2.24) is 0 Å². The second kappa shape index (κ2) is 13.9. The fraction of sp³-hybridized carbons (Fsp3) is 0.193. The highest BCUT2D eigenvalue weighted by Gasteiger charge is 2.52. The van der Waals surface area contributed by atoms with Gasteiger partial charge in [0, 0.05) is 38.2 Å². The van der Waals surface area contributed by atoms with E-state index in [0.29, 0.717) is 0 Å². The van der Waals surface area contributed by atoms with Gasteiger partial charge in [-0.2, -0.15) is 0 Å². The van der Waals surface area contributed by atoms with Crippen molar-refractivity contribution in [3.8, 4) is 11.1 Å². The Morgan fingerprint density at radius 2 is 1.42 bits per heavy atom. The van der Waals surface area contributed by atoms with E-state index in [4.69, 9.17) is 0 Å². The maximum atomic E-state index is 4.11. The molecule has 59 heavy (non-hydrogen) atoms. The first kappa shape index (κ1) is 36.3. The minimum Gasteiger partial charge on any atom is -0.314 e. The van der Waals surface area contributed by atoms with Crippen LogP contribution in [-0.2, 0) is 10.8 Å². The molecule has 1 nitrogen and oxygen atoms in total. The van der Waals surface area contributed by atoms with Gasteiger partial charge < -0.3 is 4.90 Å². The van der Waals surface area contributed by atoms with Crippen LogP contribution in [0.15, 0.2) is 197 Å². The predicted octanol–water partition coefficient (Wildman–Crippen LogP) is 15.7. The van der Waals surface area contributed by atoms with Crippen LogP contribution in [0.5, 0.6) is 0 Å². The highest BCUT2D eigenvalue weighted by molar-refractivity contribution is 8.03. The molecular weight excluding hydrogens is 731 g/mol. The number of allylic oxidation sites excluding steroid dienone is 10. The van der Waals surface area contributed by atoms with Gasteiger partial charge in [-0.15, -0.1) is 0 Å². The lowest BCUT2D eigenvalue weighted by Gasteiger charge is -2.43. The van der Waals surface area contributed by atoms with Gasteiger partial charge in [-0.3, -0.25) is 0 Å². The lowest BCUT2D eigenvalue weighted by molar-refractivity contribution is 0.613. The Balaban J connectivity index is 1.20. The van der Waals surface area contributed by atoms with E-state index in [1.54, 1.807) is 5.57 Å². The summed E-state index contributed by atoms with van der Waals surface area (Å²) in [7, 11) is 0. The Morgan fingerprint density at radius 3 is 2.22 bits per heavy atom. The molecule has 2 unspecified atom stereocenters. The predicted molar refractivity (Wildman–Crippen MR) is 252 cm³/mol. The Hall–Kier alpha value is -5.83. The maximum Gasteiger partial charge on any atom is 0.0699 e. The monoisotopic (exact) mass is 779 g/mol. The third-order valence-electron chi connectivity index (χ3n) is 14.0. The van der Waals surface area contributed by atoms with Crippen LogP contribution in [0.25, 0.3) is 27.5 Å². The first-order valence-corrected chi connectivity index (χ1v) is 22.3.